The van der Waals surface area contributed by atoms with E-state index in [1.54, 1.807) is 6.20 Å². The molecule has 0 saturated carbocycles. The molecule has 1 aliphatic heterocycles. The normalized spacial score (nSPS) is 21.5. The van der Waals surface area contributed by atoms with Gasteiger partial charge in [-0.15, -0.1) is 0 Å². The Kier molecular flexibility index (Phi) is 4.97. The van der Waals surface area contributed by atoms with Crippen molar-refractivity contribution in [3.05, 3.63) is 22.1 Å². The Morgan fingerprint density at radius 3 is 2.65 bits per heavy atom. The van der Waals surface area contributed by atoms with E-state index in [-0.39, 0.29) is 12.6 Å². The molecule has 6 heteroatoms. The molecule has 1 aromatic carbocycles. The standard InChI is InChI=1S/C17H23NO5/c1-4-9(2)15-10(3)11-7-13(20)14(17(22)23)16(21)12(11)8-18(15)5-6-19/h7-9,15,19-21H,4-6H2,1-3H3,(H,22,23)/t9-,15?/m1/s1. The molecular weight excluding hydrogens is 298 g/mol. The number of fused-ring (bicyclic) bond motifs is 1. The summed E-state index contributed by atoms with van der Waals surface area (Å²) < 4.78 is 0. The van der Waals surface area contributed by atoms with Crippen molar-refractivity contribution in [1.29, 1.82) is 0 Å². The molecule has 0 bridgehead atoms. The second-order valence-electron chi connectivity index (χ2n) is 6.11. The van der Waals surface area contributed by atoms with Crippen LogP contribution in [0.5, 0.6) is 11.5 Å². The number of hydrogen-bond acceptors (Lipinski definition) is 4. The van der Waals surface area contributed by atoms with Gasteiger partial charge in [0.15, 0.2) is 0 Å². The molecule has 2 unspecified atom stereocenters. The molecule has 0 spiro atoms. The Hall–Kier alpha value is -2.05. The molecule has 0 aromatic heterocycles. The van der Waals surface area contributed by atoms with Crippen LogP contribution in [0.4, 0.5) is 0 Å². The second kappa shape index (κ2) is 6.60. The lowest BCUT2D eigenvalue weighted by molar-refractivity contribution is -0.842. The van der Waals surface area contributed by atoms with E-state index in [2.05, 4.69) is 13.8 Å². The number of aromatic hydroxyl groups is 1. The van der Waals surface area contributed by atoms with Crippen molar-refractivity contribution in [2.75, 3.05) is 13.2 Å². The first-order chi connectivity index (χ1) is 10.8. The molecule has 6 nitrogen and oxygen atoms in total. The van der Waals surface area contributed by atoms with Crippen LogP contribution in [-0.2, 0) is 0 Å². The number of nitrogens with one attached hydrogen (secondary N) is 1. The Morgan fingerprint density at radius 1 is 1.48 bits per heavy atom. The molecule has 1 aliphatic rings. The number of hydrogen-bond donors (Lipinski definition) is 4. The van der Waals surface area contributed by atoms with Gasteiger partial charge in [-0.05, 0) is 30.2 Å². The van der Waals surface area contributed by atoms with Crippen LogP contribution in [0.2, 0.25) is 0 Å². The van der Waals surface area contributed by atoms with Crippen molar-refractivity contribution in [3.8, 4) is 11.5 Å². The van der Waals surface area contributed by atoms with Crippen molar-refractivity contribution >= 4 is 17.7 Å². The lowest BCUT2D eigenvalue weighted by Gasteiger charge is -2.33. The maximum absolute atomic E-state index is 12.5. The third-order valence-electron chi connectivity index (χ3n) is 4.75. The number of benzene rings is 1. The minimum atomic E-state index is -1.44. The van der Waals surface area contributed by atoms with Gasteiger partial charge < -0.3 is 25.3 Å². The van der Waals surface area contributed by atoms with Gasteiger partial charge in [0.25, 0.3) is 0 Å². The monoisotopic (exact) mass is 321 g/mol. The van der Waals surface area contributed by atoms with Gasteiger partial charge in [0.05, 0.1) is 12.2 Å². The molecule has 0 saturated heterocycles. The highest BCUT2D eigenvalue weighted by Crippen LogP contribution is 2.21. The predicted molar refractivity (Wildman–Crippen MR) is 83.5 cm³/mol. The summed E-state index contributed by atoms with van der Waals surface area (Å²) in [5, 5.41) is 41.7. The van der Waals surface area contributed by atoms with E-state index in [0.717, 1.165) is 16.9 Å². The number of aliphatic hydroxyl groups is 1. The fraction of sp³-hybridized carbons (Fsp3) is 0.471. The van der Waals surface area contributed by atoms with Crippen molar-refractivity contribution < 1.29 is 30.1 Å². The first kappa shape index (κ1) is 17.3. The van der Waals surface area contributed by atoms with E-state index in [4.69, 9.17) is 5.11 Å². The van der Waals surface area contributed by atoms with Gasteiger partial charge in [0, 0.05) is 11.1 Å². The number of aromatic carboxylic acids is 1. The molecule has 0 fully saturated rings. The summed E-state index contributed by atoms with van der Waals surface area (Å²) in [5.41, 5.74) is 0.336. The molecule has 23 heavy (non-hydrogen) atoms. The van der Waals surface area contributed by atoms with Crippen LogP contribution in [0.15, 0.2) is 6.07 Å². The third kappa shape index (κ3) is 2.92. The van der Waals surface area contributed by atoms with Gasteiger partial charge in [-0.25, -0.2) is 4.79 Å². The summed E-state index contributed by atoms with van der Waals surface area (Å²) in [7, 11) is 0. The molecule has 0 radical (unpaired) electrons. The summed E-state index contributed by atoms with van der Waals surface area (Å²) in [6.07, 6.45) is 2.63. The molecular formula is C17H23NO5. The van der Waals surface area contributed by atoms with Crippen molar-refractivity contribution in [3.63, 3.8) is 0 Å². The highest BCUT2D eigenvalue weighted by atomic mass is 16.4. The Bertz CT molecular complexity index is 740. The first-order valence-corrected chi connectivity index (χ1v) is 7.78. The molecule has 3 atom stereocenters. The zero-order chi connectivity index (χ0) is 17.3. The van der Waals surface area contributed by atoms with Crippen molar-refractivity contribution in [2.45, 2.75) is 33.2 Å². The summed E-state index contributed by atoms with van der Waals surface area (Å²) >= 11 is 0. The number of carboxylic acid groups (broad SMARTS) is 1. The lowest BCUT2D eigenvalue weighted by atomic mass is 9.87. The van der Waals surface area contributed by atoms with Gasteiger partial charge in [-0.3, -0.25) is 0 Å². The van der Waals surface area contributed by atoms with E-state index in [1.807, 2.05) is 6.92 Å². The predicted octanol–water partition coefficient (Wildman–Crippen LogP) is -1.62. The fourth-order valence-corrected chi connectivity index (χ4v) is 3.44. The van der Waals surface area contributed by atoms with Crippen molar-refractivity contribution in [1.82, 2.24) is 0 Å². The van der Waals surface area contributed by atoms with E-state index in [0.29, 0.717) is 22.9 Å². The Labute approximate surface area is 134 Å². The highest BCUT2D eigenvalue weighted by molar-refractivity contribution is 5.94. The molecule has 0 amide bonds. The average molecular weight is 321 g/mol. The number of carboxylic acids is 1. The maximum Gasteiger partial charge on any atom is 0.338 e. The second-order valence-corrected chi connectivity index (χ2v) is 6.11. The van der Waals surface area contributed by atoms with Gasteiger partial charge in [0.2, 0.25) is 0 Å². The number of quaternary nitrogens is 1. The van der Waals surface area contributed by atoms with E-state index in [1.165, 1.54) is 6.07 Å². The summed E-state index contributed by atoms with van der Waals surface area (Å²) in [6, 6.07) is 1.45. The van der Waals surface area contributed by atoms with Crippen LogP contribution >= 0.6 is 0 Å². The van der Waals surface area contributed by atoms with Crippen LogP contribution in [0.1, 0.15) is 37.6 Å². The van der Waals surface area contributed by atoms with Crippen LogP contribution < -0.4 is 20.4 Å². The molecule has 4 N–H and O–H groups in total. The Morgan fingerprint density at radius 2 is 2.13 bits per heavy atom. The zero-order valence-corrected chi connectivity index (χ0v) is 13.6. The van der Waals surface area contributed by atoms with Crippen molar-refractivity contribution in [2.24, 2.45) is 5.92 Å². The van der Waals surface area contributed by atoms with Gasteiger partial charge in [-0.2, -0.15) is 0 Å². The number of carbonyl (C=O) groups is 1. The highest BCUT2D eigenvalue weighted by Gasteiger charge is 2.31. The molecule has 1 heterocycles. The smallest absolute Gasteiger partial charge is 0.338 e. The van der Waals surface area contributed by atoms with E-state index < -0.39 is 23.0 Å². The Balaban J connectivity index is 2.81. The van der Waals surface area contributed by atoms with Gasteiger partial charge in [-0.1, -0.05) is 19.6 Å². The molecule has 2 rings (SSSR count). The van der Waals surface area contributed by atoms with Crippen LogP contribution in [0, 0.1) is 5.92 Å². The zero-order valence-electron chi connectivity index (χ0n) is 13.6. The largest absolute Gasteiger partial charge is 0.871 e. The van der Waals surface area contributed by atoms with Crippen LogP contribution in [0.25, 0.3) is 11.8 Å². The maximum atomic E-state index is 12.5. The van der Waals surface area contributed by atoms with Crippen LogP contribution in [0.3, 0.4) is 0 Å². The number of rotatable bonds is 5. The minimum absolute atomic E-state index is 0.0283. The van der Waals surface area contributed by atoms with Gasteiger partial charge in [0.1, 0.15) is 24.5 Å². The summed E-state index contributed by atoms with van der Waals surface area (Å²) in [4.78, 5) is 12.1. The SMILES string of the molecule is CC[C@@H](C)C1C(C)=c2cc(O)c(C(=O)O)c([O-])c2=C[NH+]1CCO. The number of aliphatic hydroxyl groups excluding tert-OH is 1. The molecule has 126 valence electrons. The third-order valence-corrected chi connectivity index (χ3v) is 4.75. The lowest BCUT2D eigenvalue weighted by Crippen LogP contribution is -3.13. The first-order valence-electron chi connectivity index (χ1n) is 7.78. The summed E-state index contributed by atoms with van der Waals surface area (Å²) in [6.45, 7) is 6.50. The molecule has 1 aromatic rings. The van der Waals surface area contributed by atoms with E-state index in [9.17, 15) is 20.1 Å². The van der Waals surface area contributed by atoms with Gasteiger partial charge >= 0.3 is 5.97 Å². The molecule has 0 aliphatic carbocycles. The fourth-order valence-electron chi connectivity index (χ4n) is 3.44. The quantitative estimate of drug-likeness (QED) is 0.522. The number of phenols is 1. The topological polar surface area (TPSA) is 105 Å². The van der Waals surface area contributed by atoms with Crippen LogP contribution in [-0.4, -0.2) is 40.5 Å². The minimum Gasteiger partial charge on any atom is -0.871 e. The van der Waals surface area contributed by atoms with E-state index >= 15 is 0 Å². The summed E-state index contributed by atoms with van der Waals surface area (Å²) in [5.74, 6) is -2.29. The average Bonchev–Trinajstić information content (AvgIpc) is 2.48.